The van der Waals surface area contributed by atoms with Crippen molar-refractivity contribution in [1.82, 2.24) is 19.7 Å². The number of aromatic nitrogens is 4. The Balaban J connectivity index is 1.39. The summed E-state index contributed by atoms with van der Waals surface area (Å²) in [4.78, 5) is 31.3. The zero-order valence-electron chi connectivity index (χ0n) is 20.9. The zero-order valence-corrected chi connectivity index (χ0v) is 20.9. The molecule has 0 radical (unpaired) electrons. The van der Waals surface area contributed by atoms with Crippen molar-refractivity contribution in [1.29, 1.82) is 0 Å². The molecular weight excluding hydrogens is 487 g/mol. The number of nitrogens with one attached hydrogen (secondary N) is 3. The summed E-state index contributed by atoms with van der Waals surface area (Å²) >= 11 is 0. The third-order valence-corrected chi connectivity index (χ3v) is 5.73. The Bertz CT molecular complexity index is 1690. The van der Waals surface area contributed by atoms with E-state index in [0.29, 0.717) is 22.6 Å². The van der Waals surface area contributed by atoms with Gasteiger partial charge < -0.3 is 15.0 Å². The molecule has 3 heterocycles. The van der Waals surface area contributed by atoms with Crippen LogP contribution in [-0.4, -0.2) is 25.8 Å². The number of urea groups is 1. The fraction of sp³-hybridized carbons (Fsp3) is 0.143. The third kappa shape index (κ3) is 5.24. The van der Waals surface area contributed by atoms with Crippen molar-refractivity contribution in [3.05, 3.63) is 101 Å². The number of para-hydroxylation sites is 1. The molecule has 0 atom stereocenters. The van der Waals surface area contributed by atoms with Crippen LogP contribution in [0.25, 0.3) is 16.7 Å². The van der Waals surface area contributed by atoms with Crippen molar-refractivity contribution in [3.8, 4) is 17.2 Å². The van der Waals surface area contributed by atoms with E-state index < -0.39 is 11.8 Å². The summed E-state index contributed by atoms with van der Waals surface area (Å²) in [7, 11) is 0. The van der Waals surface area contributed by atoms with Crippen molar-refractivity contribution < 1.29 is 13.9 Å². The number of nitrogens with zero attached hydrogens (tertiary/aromatic N) is 3. The monoisotopic (exact) mass is 512 g/mol. The second-order valence-corrected chi connectivity index (χ2v) is 9.63. The highest BCUT2D eigenvalue weighted by atomic mass is 19.1. The van der Waals surface area contributed by atoms with E-state index in [0.717, 1.165) is 11.4 Å². The molecule has 9 nitrogen and oxygen atoms in total. The fourth-order valence-electron chi connectivity index (χ4n) is 3.79. The Kier molecular flexibility index (Phi) is 6.38. The van der Waals surface area contributed by atoms with E-state index in [-0.39, 0.29) is 22.4 Å². The maximum atomic E-state index is 14.6. The molecule has 0 aliphatic heterocycles. The SMILES string of the molecule is CC(C)(C)c1cc(NC(=O)Nc2cc(Oc3ccnc4[nH]c(=O)ccc34)ccc2F)n(-c2ccccc2)n1. The maximum absolute atomic E-state index is 14.6. The molecule has 0 unspecified atom stereocenters. The van der Waals surface area contributed by atoms with Crippen molar-refractivity contribution >= 4 is 28.6 Å². The molecule has 2 amide bonds. The molecule has 5 aromatic rings. The lowest BCUT2D eigenvalue weighted by Gasteiger charge is -2.14. The Morgan fingerprint density at radius 1 is 1.00 bits per heavy atom. The Labute approximate surface area is 217 Å². The van der Waals surface area contributed by atoms with Gasteiger partial charge in [0.25, 0.3) is 0 Å². The first-order valence-corrected chi connectivity index (χ1v) is 11.9. The topological polar surface area (TPSA) is 114 Å². The smallest absolute Gasteiger partial charge is 0.324 e. The number of amides is 2. The highest BCUT2D eigenvalue weighted by molar-refractivity contribution is 5.99. The zero-order chi connectivity index (χ0) is 26.9. The van der Waals surface area contributed by atoms with E-state index in [1.165, 1.54) is 30.5 Å². The Morgan fingerprint density at radius 2 is 1.79 bits per heavy atom. The number of fused-ring (bicyclic) bond motifs is 1. The average Bonchev–Trinajstić information content (AvgIpc) is 3.31. The molecule has 38 heavy (non-hydrogen) atoms. The summed E-state index contributed by atoms with van der Waals surface area (Å²) in [6.45, 7) is 6.08. The van der Waals surface area contributed by atoms with Crippen LogP contribution >= 0.6 is 0 Å². The highest BCUT2D eigenvalue weighted by Crippen LogP contribution is 2.30. The molecule has 0 saturated heterocycles. The summed E-state index contributed by atoms with van der Waals surface area (Å²) in [6, 6.07) is 19.1. The molecular formula is C28H25FN6O3. The lowest BCUT2D eigenvalue weighted by molar-refractivity contribution is 0.262. The van der Waals surface area contributed by atoms with Crippen LogP contribution in [0.2, 0.25) is 0 Å². The van der Waals surface area contributed by atoms with Gasteiger partial charge in [-0.15, -0.1) is 0 Å². The molecule has 192 valence electrons. The average molecular weight is 513 g/mol. The summed E-state index contributed by atoms with van der Waals surface area (Å²) in [5.74, 6) is 0.492. The van der Waals surface area contributed by atoms with Crippen LogP contribution in [0.15, 0.2) is 83.8 Å². The van der Waals surface area contributed by atoms with Gasteiger partial charge >= 0.3 is 6.03 Å². The van der Waals surface area contributed by atoms with Crippen LogP contribution in [0.5, 0.6) is 11.5 Å². The largest absolute Gasteiger partial charge is 0.456 e. The quantitative estimate of drug-likeness (QED) is 0.268. The molecule has 0 fully saturated rings. The van der Waals surface area contributed by atoms with Crippen LogP contribution < -0.4 is 20.9 Å². The highest BCUT2D eigenvalue weighted by Gasteiger charge is 2.22. The van der Waals surface area contributed by atoms with E-state index in [1.807, 2.05) is 51.1 Å². The van der Waals surface area contributed by atoms with E-state index in [9.17, 15) is 14.0 Å². The first kappa shape index (κ1) is 24.7. The van der Waals surface area contributed by atoms with Crippen molar-refractivity contribution in [2.75, 3.05) is 10.6 Å². The van der Waals surface area contributed by atoms with Gasteiger partial charge in [-0.3, -0.25) is 10.1 Å². The molecule has 0 spiro atoms. The molecule has 3 aromatic heterocycles. The predicted molar refractivity (Wildman–Crippen MR) is 144 cm³/mol. The summed E-state index contributed by atoms with van der Waals surface area (Å²) in [5.41, 5.74) is 1.29. The first-order chi connectivity index (χ1) is 18.2. The minimum Gasteiger partial charge on any atom is -0.456 e. The van der Waals surface area contributed by atoms with E-state index in [2.05, 4.69) is 25.7 Å². The van der Waals surface area contributed by atoms with E-state index in [1.54, 1.807) is 22.9 Å². The van der Waals surface area contributed by atoms with Gasteiger partial charge in [0.1, 0.15) is 28.8 Å². The van der Waals surface area contributed by atoms with Gasteiger partial charge in [0, 0.05) is 29.8 Å². The molecule has 0 bridgehead atoms. The number of benzene rings is 2. The standard InChI is InChI=1S/C28H25FN6O3/c1-28(2,3)23-16-24(35(34-23)17-7-5-4-6-8-17)32-27(37)31-21-15-18(9-11-20(21)29)38-22-13-14-30-26-19(22)10-12-25(36)33-26/h4-16H,1-3H3,(H,30,33,36)(H2,31,32,37). The minimum absolute atomic E-state index is 0.0754. The number of carbonyl (C=O) groups is 1. The van der Waals surface area contributed by atoms with Crippen LogP contribution in [-0.2, 0) is 5.41 Å². The number of carbonyl (C=O) groups excluding carboxylic acids is 1. The number of pyridine rings is 2. The fourth-order valence-corrected chi connectivity index (χ4v) is 3.79. The maximum Gasteiger partial charge on any atom is 0.324 e. The summed E-state index contributed by atoms with van der Waals surface area (Å²) in [6.07, 6.45) is 1.49. The molecule has 10 heteroatoms. The lowest BCUT2D eigenvalue weighted by atomic mass is 9.92. The number of H-pyrrole nitrogens is 1. The molecule has 0 saturated carbocycles. The van der Waals surface area contributed by atoms with Crippen LogP contribution in [0, 0.1) is 5.82 Å². The number of anilines is 2. The Morgan fingerprint density at radius 3 is 2.55 bits per heavy atom. The number of halogens is 1. The molecule has 5 rings (SSSR count). The van der Waals surface area contributed by atoms with Crippen LogP contribution in [0.3, 0.4) is 0 Å². The second-order valence-electron chi connectivity index (χ2n) is 9.63. The van der Waals surface area contributed by atoms with E-state index >= 15 is 0 Å². The van der Waals surface area contributed by atoms with Gasteiger partial charge in [0.15, 0.2) is 0 Å². The van der Waals surface area contributed by atoms with Crippen molar-refractivity contribution in [2.24, 2.45) is 0 Å². The van der Waals surface area contributed by atoms with Gasteiger partial charge in [0.2, 0.25) is 5.56 Å². The first-order valence-electron chi connectivity index (χ1n) is 11.9. The van der Waals surface area contributed by atoms with E-state index in [4.69, 9.17) is 4.74 Å². The third-order valence-electron chi connectivity index (χ3n) is 5.73. The number of hydrogen-bond acceptors (Lipinski definition) is 5. The van der Waals surface area contributed by atoms with Gasteiger partial charge in [-0.1, -0.05) is 39.0 Å². The van der Waals surface area contributed by atoms with Crippen molar-refractivity contribution in [2.45, 2.75) is 26.2 Å². The molecule has 0 aliphatic rings. The number of aromatic amines is 1. The molecule has 2 aromatic carbocycles. The molecule has 0 aliphatic carbocycles. The van der Waals surface area contributed by atoms with Crippen molar-refractivity contribution in [3.63, 3.8) is 0 Å². The van der Waals surface area contributed by atoms with Gasteiger partial charge in [0.05, 0.1) is 22.5 Å². The minimum atomic E-state index is -0.648. The Hall–Kier alpha value is -4.99. The summed E-state index contributed by atoms with van der Waals surface area (Å²) in [5, 5.41) is 10.6. The lowest BCUT2D eigenvalue weighted by Crippen LogP contribution is -2.22. The second kappa shape index (κ2) is 9.81. The summed E-state index contributed by atoms with van der Waals surface area (Å²) < 4.78 is 22.2. The van der Waals surface area contributed by atoms with Gasteiger partial charge in [-0.25, -0.2) is 18.9 Å². The predicted octanol–water partition coefficient (Wildman–Crippen LogP) is 5.98. The van der Waals surface area contributed by atoms with Gasteiger partial charge in [-0.05, 0) is 36.4 Å². The normalized spacial score (nSPS) is 11.4. The number of ether oxygens (including phenoxy) is 1. The van der Waals surface area contributed by atoms with Crippen LogP contribution in [0.4, 0.5) is 20.7 Å². The number of rotatable bonds is 5. The van der Waals surface area contributed by atoms with Gasteiger partial charge in [-0.2, -0.15) is 5.10 Å². The molecule has 3 N–H and O–H groups in total. The number of hydrogen-bond donors (Lipinski definition) is 3. The van der Waals surface area contributed by atoms with Crippen LogP contribution in [0.1, 0.15) is 26.5 Å².